The van der Waals surface area contributed by atoms with Gasteiger partial charge in [-0.15, -0.1) is 0 Å². The number of nitrogens with zero attached hydrogens (tertiary/aromatic N) is 2. The van der Waals surface area contributed by atoms with Gasteiger partial charge in [-0.3, -0.25) is 0 Å². The fraction of sp³-hybridized carbons (Fsp3) is 0.222. The fourth-order valence-corrected chi connectivity index (χ4v) is 4.75. The van der Waals surface area contributed by atoms with Gasteiger partial charge in [0.05, 0.1) is 12.1 Å². The Bertz CT molecular complexity index is 760. The van der Waals surface area contributed by atoms with Crippen molar-refractivity contribution in [3.8, 4) is 12.1 Å². The van der Waals surface area contributed by atoms with Gasteiger partial charge in [0, 0.05) is 11.8 Å². The first-order valence-electron chi connectivity index (χ1n) is 6.96. The van der Waals surface area contributed by atoms with Gasteiger partial charge in [0.2, 0.25) is 0 Å². The van der Waals surface area contributed by atoms with Crippen LogP contribution in [0.1, 0.15) is 34.1 Å². The standard InChI is InChI=1S/C18H10Cl2N2/c19-17(9-21)15-11-5-1-2-6-12(11)16(18(17,20)10-22)14-8-4-3-7-13(14)15/h1-8,15-16H. The molecule has 2 aromatic carbocycles. The van der Waals surface area contributed by atoms with Crippen LogP contribution in [0.15, 0.2) is 48.5 Å². The molecule has 0 fully saturated rings. The number of alkyl halides is 2. The molecule has 0 spiro atoms. The van der Waals surface area contributed by atoms with E-state index >= 15 is 0 Å². The number of fused-ring (bicyclic) bond motifs is 1. The third kappa shape index (κ3) is 1.31. The Balaban J connectivity index is 2.18. The molecule has 2 bridgehead atoms. The van der Waals surface area contributed by atoms with Crippen LogP contribution in [-0.4, -0.2) is 9.75 Å². The minimum atomic E-state index is -1.49. The molecule has 22 heavy (non-hydrogen) atoms. The predicted molar refractivity (Wildman–Crippen MR) is 85.0 cm³/mol. The van der Waals surface area contributed by atoms with Gasteiger partial charge in [-0.2, -0.15) is 10.5 Å². The van der Waals surface area contributed by atoms with Crippen molar-refractivity contribution in [3.05, 3.63) is 70.8 Å². The minimum Gasteiger partial charge on any atom is -0.196 e. The summed E-state index contributed by atoms with van der Waals surface area (Å²) in [4.78, 5) is -2.98. The first kappa shape index (κ1) is 13.6. The lowest BCUT2D eigenvalue weighted by molar-refractivity contribution is 0.404. The molecule has 2 aromatic rings. The van der Waals surface area contributed by atoms with Crippen molar-refractivity contribution in [2.24, 2.45) is 0 Å². The molecule has 0 aliphatic heterocycles. The first-order valence-corrected chi connectivity index (χ1v) is 7.72. The van der Waals surface area contributed by atoms with Crippen LogP contribution in [0.25, 0.3) is 0 Å². The average Bonchev–Trinajstić information content (AvgIpc) is 2.57. The first-order chi connectivity index (χ1) is 10.6. The SMILES string of the molecule is N#CC1(Cl)C2c3ccccc3C(c3ccccc32)C1(Cl)C#N. The van der Waals surface area contributed by atoms with E-state index in [1.54, 1.807) is 0 Å². The molecule has 0 amide bonds. The molecule has 4 heteroatoms. The third-order valence-corrected chi connectivity index (χ3v) is 6.18. The van der Waals surface area contributed by atoms with Crippen molar-refractivity contribution < 1.29 is 0 Å². The van der Waals surface area contributed by atoms with E-state index in [4.69, 9.17) is 23.2 Å². The Labute approximate surface area is 138 Å². The second-order valence-corrected chi connectivity index (χ2v) is 6.96. The zero-order valence-corrected chi connectivity index (χ0v) is 12.9. The summed E-state index contributed by atoms with van der Waals surface area (Å²) in [5.74, 6) is -0.817. The second-order valence-electron chi connectivity index (χ2n) is 5.77. The molecule has 0 saturated heterocycles. The van der Waals surface area contributed by atoms with Gasteiger partial charge < -0.3 is 0 Å². The molecule has 0 heterocycles. The van der Waals surface area contributed by atoms with Gasteiger partial charge in [0.15, 0.2) is 9.75 Å². The smallest absolute Gasteiger partial charge is 0.174 e. The number of rotatable bonds is 0. The zero-order valence-electron chi connectivity index (χ0n) is 11.4. The lowest BCUT2D eigenvalue weighted by atomic mass is 9.54. The van der Waals surface area contributed by atoms with Crippen molar-refractivity contribution in [1.29, 1.82) is 10.5 Å². The van der Waals surface area contributed by atoms with Gasteiger partial charge in [-0.25, -0.2) is 0 Å². The van der Waals surface area contributed by atoms with Crippen LogP contribution >= 0.6 is 23.2 Å². The molecule has 3 aliphatic carbocycles. The van der Waals surface area contributed by atoms with E-state index in [0.29, 0.717) is 0 Å². The largest absolute Gasteiger partial charge is 0.196 e. The minimum absolute atomic E-state index is 0.409. The maximum absolute atomic E-state index is 9.77. The summed E-state index contributed by atoms with van der Waals surface area (Å²) in [6, 6.07) is 19.9. The highest BCUT2D eigenvalue weighted by Gasteiger charge is 2.68. The highest BCUT2D eigenvalue weighted by molar-refractivity contribution is 6.39. The monoisotopic (exact) mass is 324 g/mol. The number of hydrogen-bond donors (Lipinski definition) is 0. The van der Waals surface area contributed by atoms with Crippen molar-refractivity contribution in [2.75, 3.05) is 0 Å². The third-order valence-electron chi connectivity index (χ3n) is 4.89. The summed E-state index contributed by atoms with van der Waals surface area (Å²) < 4.78 is 0. The average molecular weight is 325 g/mol. The molecular formula is C18H10Cl2N2. The molecule has 2 atom stereocenters. The van der Waals surface area contributed by atoms with Crippen LogP contribution in [0.4, 0.5) is 0 Å². The Kier molecular flexibility index (Phi) is 2.64. The van der Waals surface area contributed by atoms with Crippen LogP contribution in [0, 0.1) is 22.7 Å². The van der Waals surface area contributed by atoms with E-state index < -0.39 is 21.6 Å². The van der Waals surface area contributed by atoms with Crippen molar-refractivity contribution in [3.63, 3.8) is 0 Å². The molecule has 106 valence electrons. The Morgan fingerprint density at radius 3 is 1.18 bits per heavy atom. The van der Waals surface area contributed by atoms with E-state index in [1.807, 2.05) is 48.5 Å². The number of nitriles is 2. The van der Waals surface area contributed by atoms with Gasteiger partial charge in [-0.1, -0.05) is 71.7 Å². The maximum atomic E-state index is 9.77. The van der Waals surface area contributed by atoms with E-state index in [1.165, 1.54) is 0 Å². The predicted octanol–water partition coefficient (Wildman–Crippen LogP) is 4.28. The Morgan fingerprint density at radius 2 is 0.955 bits per heavy atom. The van der Waals surface area contributed by atoms with Gasteiger partial charge in [0.25, 0.3) is 0 Å². The molecule has 5 rings (SSSR count). The summed E-state index contributed by atoms with van der Waals surface area (Å²) in [6.45, 7) is 0. The van der Waals surface area contributed by atoms with Crippen molar-refractivity contribution in [1.82, 2.24) is 0 Å². The van der Waals surface area contributed by atoms with Crippen molar-refractivity contribution in [2.45, 2.75) is 21.6 Å². The normalized spacial score (nSPS) is 34.2. The molecule has 0 saturated carbocycles. The van der Waals surface area contributed by atoms with Gasteiger partial charge in [-0.05, 0) is 22.3 Å². The highest BCUT2D eigenvalue weighted by atomic mass is 35.5. The molecule has 3 aliphatic rings. The quantitative estimate of drug-likeness (QED) is 0.679. The summed E-state index contributed by atoms with van der Waals surface area (Å²) >= 11 is 13.4. The summed E-state index contributed by atoms with van der Waals surface area (Å²) in [7, 11) is 0. The molecule has 0 aromatic heterocycles. The summed E-state index contributed by atoms with van der Waals surface area (Å²) in [5, 5.41) is 19.5. The summed E-state index contributed by atoms with van der Waals surface area (Å²) in [6.07, 6.45) is 0. The number of halogens is 2. The summed E-state index contributed by atoms with van der Waals surface area (Å²) in [5.41, 5.74) is 3.98. The fourth-order valence-electron chi connectivity index (χ4n) is 3.98. The van der Waals surface area contributed by atoms with Gasteiger partial charge in [0.1, 0.15) is 0 Å². The molecule has 0 N–H and O–H groups in total. The number of benzene rings is 2. The van der Waals surface area contributed by atoms with Crippen LogP contribution < -0.4 is 0 Å². The van der Waals surface area contributed by atoms with Crippen molar-refractivity contribution >= 4 is 23.2 Å². The zero-order chi connectivity index (χ0) is 15.5. The molecule has 2 unspecified atom stereocenters. The van der Waals surface area contributed by atoms with Crippen LogP contribution in [-0.2, 0) is 0 Å². The Hall–Kier alpha value is -2.00. The van der Waals surface area contributed by atoms with Crippen LogP contribution in [0.2, 0.25) is 0 Å². The van der Waals surface area contributed by atoms with Gasteiger partial charge >= 0.3 is 0 Å². The van der Waals surface area contributed by atoms with E-state index in [2.05, 4.69) is 12.1 Å². The lowest BCUT2D eigenvalue weighted by Crippen LogP contribution is -2.59. The van der Waals surface area contributed by atoms with Crippen LogP contribution in [0.5, 0.6) is 0 Å². The van der Waals surface area contributed by atoms with E-state index in [-0.39, 0.29) is 0 Å². The lowest BCUT2D eigenvalue weighted by Gasteiger charge is -2.53. The maximum Gasteiger partial charge on any atom is 0.174 e. The molecule has 2 nitrogen and oxygen atoms in total. The Morgan fingerprint density at radius 1 is 0.682 bits per heavy atom. The second kappa shape index (κ2) is 4.26. The van der Waals surface area contributed by atoms with E-state index in [9.17, 15) is 10.5 Å². The van der Waals surface area contributed by atoms with Crippen LogP contribution in [0.3, 0.4) is 0 Å². The van der Waals surface area contributed by atoms with E-state index in [0.717, 1.165) is 22.3 Å². The topological polar surface area (TPSA) is 47.6 Å². The number of hydrogen-bond acceptors (Lipinski definition) is 2. The molecular weight excluding hydrogens is 315 g/mol. The molecule has 0 radical (unpaired) electrons. The highest BCUT2D eigenvalue weighted by Crippen LogP contribution is 2.65.